The summed E-state index contributed by atoms with van der Waals surface area (Å²) >= 11 is -2.05. The number of hydrogen-bond acceptors (Lipinski definition) is 5. The van der Waals surface area contributed by atoms with Crippen LogP contribution in [-0.2, 0) is 6.54 Å². The van der Waals surface area contributed by atoms with Gasteiger partial charge in [-0.1, -0.05) is 0 Å². The Kier molecular flexibility index (Phi) is 7.61. The molecule has 1 aromatic heterocycles. The van der Waals surface area contributed by atoms with Crippen LogP contribution < -0.4 is 8.27 Å². The predicted octanol–water partition coefficient (Wildman–Crippen LogP) is 4.09. The van der Waals surface area contributed by atoms with Gasteiger partial charge in [0.1, 0.15) is 0 Å². The molecule has 138 valence electrons. The summed E-state index contributed by atoms with van der Waals surface area (Å²) < 4.78 is 8.74. The van der Waals surface area contributed by atoms with Crippen LogP contribution in [0.25, 0.3) is 0 Å². The number of hydrogen-bond donors (Lipinski definition) is 3. The summed E-state index contributed by atoms with van der Waals surface area (Å²) in [5.41, 5.74) is 1.21. The number of aromatic nitrogens is 1. The van der Waals surface area contributed by atoms with Crippen LogP contribution >= 0.6 is 20.1 Å². The molecule has 2 aromatic rings. The fraction of sp³-hybridized carbons (Fsp3) is 0.421. The number of aliphatic hydroxyl groups excluding tert-OH is 1. The van der Waals surface area contributed by atoms with Crippen molar-refractivity contribution >= 4 is 20.1 Å². The molecule has 0 saturated heterocycles. The molecule has 0 saturated carbocycles. The third kappa shape index (κ3) is 7.68. The second-order valence-corrected chi connectivity index (χ2v) is 12.2. The zero-order valence-corrected chi connectivity index (χ0v) is 17.1. The van der Waals surface area contributed by atoms with E-state index in [1.807, 2.05) is 42.5 Å². The molecule has 1 aromatic carbocycles. The van der Waals surface area contributed by atoms with Crippen molar-refractivity contribution in [3.63, 3.8) is 0 Å². The van der Waals surface area contributed by atoms with Crippen LogP contribution in [-0.4, -0.2) is 23.9 Å². The van der Waals surface area contributed by atoms with Crippen molar-refractivity contribution in [2.45, 2.75) is 38.0 Å². The molecule has 0 radical (unpaired) electrons. The Bertz CT molecular complexity index is 645. The van der Waals surface area contributed by atoms with Gasteiger partial charge in [0.25, 0.3) is 0 Å². The number of alkyl halides is 2. The number of benzene rings is 1. The van der Waals surface area contributed by atoms with Crippen LogP contribution in [0.5, 0.6) is 11.6 Å². The SMILES string of the molecule is CC(C)(C)CCI(NCc1ccnc(Oc2ccccc2)c1)C(O)O. The Morgan fingerprint density at radius 1 is 1.16 bits per heavy atom. The minimum atomic E-state index is -2.05. The summed E-state index contributed by atoms with van der Waals surface area (Å²) in [6, 6.07) is 13.3. The number of halogens is 1. The molecule has 0 atom stereocenters. The van der Waals surface area contributed by atoms with E-state index in [2.05, 4.69) is 29.3 Å². The van der Waals surface area contributed by atoms with Crippen molar-refractivity contribution in [1.82, 2.24) is 8.51 Å². The number of para-hydroxylation sites is 1. The molecule has 2 rings (SSSR count). The van der Waals surface area contributed by atoms with Crippen molar-refractivity contribution in [2.75, 3.05) is 4.43 Å². The van der Waals surface area contributed by atoms with Gasteiger partial charge < -0.3 is 0 Å². The first-order valence-electron chi connectivity index (χ1n) is 8.25. The van der Waals surface area contributed by atoms with Gasteiger partial charge >= 0.3 is 157 Å². The fourth-order valence-corrected chi connectivity index (χ4v) is 6.47. The van der Waals surface area contributed by atoms with E-state index in [4.69, 9.17) is 4.74 Å². The first-order valence-corrected chi connectivity index (χ1v) is 12.1. The molecule has 0 bridgehead atoms. The molecular formula is C19H27IN2O3. The summed E-state index contributed by atoms with van der Waals surface area (Å²) in [5.74, 6) is 1.27. The second-order valence-electron chi connectivity index (χ2n) is 6.94. The fourth-order valence-electron chi connectivity index (χ4n) is 2.01. The van der Waals surface area contributed by atoms with E-state index in [0.29, 0.717) is 12.4 Å². The van der Waals surface area contributed by atoms with Gasteiger partial charge in [0.05, 0.1) is 0 Å². The van der Waals surface area contributed by atoms with Crippen LogP contribution in [0.15, 0.2) is 48.7 Å². The molecule has 25 heavy (non-hydrogen) atoms. The van der Waals surface area contributed by atoms with Crippen LogP contribution in [0.3, 0.4) is 0 Å². The Hall–Kier alpha value is -1.22. The molecular weight excluding hydrogens is 431 g/mol. The molecule has 1 heterocycles. The number of ether oxygens (including phenoxy) is 1. The monoisotopic (exact) mass is 458 g/mol. The summed E-state index contributed by atoms with van der Waals surface area (Å²) in [4.78, 5) is 4.23. The van der Waals surface area contributed by atoms with Crippen LogP contribution in [0.1, 0.15) is 32.8 Å². The van der Waals surface area contributed by atoms with Crippen molar-refractivity contribution in [1.29, 1.82) is 0 Å². The van der Waals surface area contributed by atoms with Crippen LogP contribution in [0.2, 0.25) is 0 Å². The van der Waals surface area contributed by atoms with Crippen molar-refractivity contribution in [3.8, 4) is 11.6 Å². The first-order chi connectivity index (χ1) is 11.8. The summed E-state index contributed by atoms with van der Waals surface area (Å²) in [7, 11) is 0. The van der Waals surface area contributed by atoms with Gasteiger partial charge in [-0.15, -0.1) is 0 Å². The van der Waals surface area contributed by atoms with E-state index >= 15 is 0 Å². The summed E-state index contributed by atoms with van der Waals surface area (Å²) in [6.07, 6.45) is 2.68. The Labute approximate surface area is 157 Å². The van der Waals surface area contributed by atoms with Gasteiger partial charge in [0.2, 0.25) is 0 Å². The van der Waals surface area contributed by atoms with E-state index < -0.39 is 24.4 Å². The van der Waals surface area contributed by atoms with E-state index in [-0.39, 0.29) is 5.41 Å². The van der Waals surface area contributed by atoms with Gasteiger partial charge in [-0.05, 0) is 0 Å². The van der Waals surface area contributed by atoms with Gasteiger partial charge in [0.15, 0.2) is 0 Å². The molecule has 5 nitrogen and oxygen atoms in total. The number of aliphatic hydroxyl groups is 2. The Morgan fingerprint density at radius 2 is 1.88 bits per heavy atom. The predicted molar refractivity (Wildman–Crippen MR) is 109 cm³/mol. The molecule has 0 amide bonds. The molecule has 3 N–H and O–H groups in total. The zero-order chi connectivity index (χ0) is 18.3. The molecule has 0 aliphatic carbocycles. The number of nitrogens with zero attached hydrogens (tertiary/aromatic N) is 1. The van der Waals surface area contributed by atoms with Gasteiger partial charge in [-0.3, -0.25) is 0 Å². The topological polar surface area (TPSA) is 74.6 Å². The van der Waals surface area contributed by atoms with E-state index in [1.165, 1.54) is 0 Å². The minimum absolute atomic E-state index is 0.194. The van der Waals surface area contributed by atoms with Gasteiger partial charge in [-0.25, -0.2) is 0 Å². The molecule has 0 unspecified atom stereocenters. The number of nitrogens with one attached hydrogen (secondary N) is 1. The maximum absolute atomic E-state index is 9.66. The van der Waals surface area contributed by atoms with Crippen LogP contribution in [0, 0.1) is 5.41 Å². The molecule has 0 aliphatic heterocycles. The molecule has 6 heteroatoms. The van der Waals surface area contributed by atoms with Crippen LogP contribution in [0.4, 0.5) is 0 Å². The summed E-state index contributed by atoms with van der Waals surface area (Å²) in [5, 5.41) is 19.3. The number of rotatable bonds is 8. The molecule has 0 spiro atoms. The standard InChI is InChI=1S/C19H27IN2O3/c1-19(2,3)10-11-20(18(23)24)22-14-15-9-12-21-17(13-15)25-16-7-5-4-6-8-16/h4-9,12-13,18,22-24H,10-11,14H2,1-3H3. The molecule has 0 fully saturated rings. The average Bonchev–Trinajstić information content (AvgIpc) is 2.55. The average molecular weight is 458 g/mol. The third-order valence-electron chi connectivity index (χ3n) is 3.49. The van der Waals surface area contributed by atoms with Gasteiger partial charge in [-0.2, -0.15) is 0 Å². The first kappa shape index (κ1) is 20.1. The van der Waals surface area contributed by atoms with E-state index in [1.54, 1.807) is 6.20 Å². The Balaban J connectivity index is 1.93. The zero-order valence-electron chi connectivity index (χ0n) is 14.9. The van der Waals surface area contributed by atoms with E-state index in [0.717, 1.165) is 22.2 Å². The maximum atomic E-state index is 9.66. The van der Waals surface area contributed by atoms with E-state index in [9.17, 15) is 10.2 Å². The number of pyridine rings is 1. The Morgan fingerprint density at radius 3 is 2.52 bits per heavy atom. The normalized spacial score (nSPS) is 12.3. The van der Waals surface area contributed by atoms with Gasteiger partial charge in [0, 0.05) is 0 Å². The third-order valence-corrected chi connectivity index (χ3v) is 7.90. The van der Waals surface area contributed by atoms with Crippen molar-refractivity contribution in [3.05, 3.63) is 54.2 Å². The quantitative estimate of drug-likeness (QED) is 0.241. The van der Waals surface area contributed by atoms with Crippen molar-refractivity contribution < 1.29 is 14.9 Å². The molecule has 0 aliphatic rings. The summed E-state index contributed by atoms with van der Waals surface area (Å²) in [6.45, 7) is 7.09. The van der Waals surface area contributed by atoms with Crippen molar-refractivity contribution in [2.24, 2.45) is 5.41 Å². The second kappa shape index (κ2) is 9.47.